The second kappa shape index (κ2) is 5.65. The molecule has 0 aliphatic carbocycles. The standard InChI is InChI=1S/C13H15BrO3/c1-2-16-13(15)8-12-11-7-10(14)4-3-9(11)5-6-17-12/h3-4,7,12H,2,5-6,8H2,1H3. The molecule has 0 bridgehead atoms. The zero-order valence-electron chi connectivity index (χ0n) is 9.74. The molecule has 1 atom stereocenters. The minimum absolute atomic E-state index is 0.171. The van der Waals surface area contributed by atoms with E-state index in [9.17, 15) is 4.79 Å². The van der Waals surface area contributed by atoms with E-state index in [-0.39, 0.29) is 18.5 Å². The molecular weight excluding hydrogens is 284 g/mol. The van der Waals surface area contributed by atoms with Crippen LogP contribution in [0.3, 0.4) is 0 Å². The van der Waals surface area contributed by atoms with Crippen molar-refractivity contribution in [3.8, 4) is 0 Å². The topological polar surface area (TPSA) is 35.5 Å². The van der Waals surface area contributed by atoms with Gasteiger partial charge < -0.3 is 9.47 Å². The summed E-state index contributed by atoms with van der Waals surface area (Å²) >= 11 is 3.44. The maximum Gasteiger partial charge on any atom is 0.308 e. The van der Waals surface area contributed by atoms with Crippen LogP contribution in [-0.2, 0) is 20.7 Å². The van der Waals surface area contributed by atoms with Crippen LogP contribution in [0.5, 0.6) is 0 Å². The molecule has 0 fully saturated rings. The number of hydrogen-bond acceptors (Lipinski definition) is 3. The second-order valence-electron chi connectivity index (χ2n) is 3.96. The van der Waals surface area contributed by atoms with Gasteiger partial charge in [0.15, 0.2) is 0 Å². The molecule has 17 heavy (non-hydrogen) atoms. The van der Waals surface area contributed by atoms with Gasteiger partial charge in [0, 0.05) is 4.47 Å². The number of carbonyl (C=O) groups excluding carboxylic acids is 1. The second-order valence-corrected chi connectivity index (χ2v) is 4.88. The molecule has 0 radical (unpaired) electrons. The fraction of sp³-hybridized carbons (Fsp3) is 0.462. The fourth-order valence-electron chi connectivity index (χ4n) is 2.03. The summed E-state index contributed by atoms with van der Waals surface area (Å²) in [6, 6.07) is 6.13. The van der Waals surface area contributed by atoms with E-state index in [4.69, 9.17) is 9.47 Å². The Hall–Kier alpha value is -0.870. The lowest BCUT2D eigenvalue weighted by Crippen LogP contribution is -2.20. The van der Waals surface area contributed by atoms with Crippen LogP contribution in [0.1, 0.15) is 30.6 Å². The van der Waals surface area contributed by atoms with E-state index in [0.717, 1.165) is 16.5 Å². The van der Waals surface area contributed by atoms with E-state index in [1.807, 2.05) is 19.1 Å². The predicted molar refractivity (Wildman–Crippen MR) is 67.8 cm³/mol. The molecule has 1 aliphatic heterocycles. The highest BCUT2D eigenvalue weighted by Crippen LogP contribution is 2.32. The normalized spacial score (nSPS) is 18.6. The SMILES string of the molecule is CCOC(=O)CC1OCCc2ccc(Br)cc21. The quantitative estimate of drug-likeness (QED) is 0.805. The van der Waals surface area contributed by atoms with Gasteiger partial charge in [-0.1, -0.05) is 22.0 Å². The van der Waals surface area contributed by atoms with E-state index in [1.54, 1.807) is 0 Å². The van der Waals surface area contributed by atoms with E-state index in [0.29, 0.717) is 13.2 Å². The van der Waals surface area contributed by atoms with Crippen LogP contribution in [0.2, 0.25) is 0 Å². The lowest BCUT2D eigenvalue weighted by atomic mass is 9.96. The van der Waals surface area contributed by atoms with Crippen LogP contribution >= 0.6 is 15.9 Å². The molecule has 0 saturated heterocycles. The Bertz CT molecular complexity index is 417. The Morgan fingerprint density at radius 3 is 3.18 bits per heavy atom. The van der Waals surface area contributed by atoms with Gasteiger partial charge in [-0.15, -0.1) is 0 Å². The first-order valence-electron chi connectivity index (χ1n) is 5.76. The summed E-state index contributed by atoms with van der Waals surface area (Å²) in [5.74, 6) is -0.203. The molecule has 0 aromatic heterocycles. The van der Waals surface area contributed by atoms with Gasteiger partial charge in [0.2, 0.25) is 0 Å². The van der Waals surface area contributed by atoms with Gasteiger partial charge in [0.1, 0.15) is 0 Å². The Balaban J connectivity index is 2.16. The molecule has 0 N–H and O–H groups in total. The van der Waals surface area contributed by atoms with Crippen LogP contribution in [-0.4, -0.2) is 19.2 Å². The Morgan fingerprint density at radius 1 is 1.59 bits per heavy atom. The van der Waals surface area contributed by atoms with E-state index in [1.165, 1.54) is 5.56 Å². The highest BCUT2D eigenvalue weighted by molar-refractivity contribution is 9.10. The summed E-state index contributed by atoms with van der Waals surface area (Å²) < 4.78 is 11.6. The number of esters is 1. The van der Waals surface area contributed by atoms with Crippen molar-refractivity contribution in [1.82, 2.24) is 0 Å². The van der Waals surface area contributed by atoms with Crippen LogP contribution < -0.4 is 0 Å². The molecule has 1 aliphatic rings. The smallest absolute Gasteiger partial charge is 0.308 e. The van der Waals surface area contributed by atoms with Crippen LogP contribution in [0, 0.1) is 0 Å². The number of rotatable bonds is 3. The molecule has 1 aromatic carbocycles. The maximum atomic E-state index is 11.5. The molecule has 0 saturated carbocycles. The lowest BCUT2D eigenvalue weighted by Gasteiger charge is -2.25. The molecule has 1 unspecified atom stereocenters. The van der Waals surface area contributed by atoms with Crippen molar-refractivity contribution in [3.05, 3.63) is 33.8 Å². The number of halogens is 1. The largest absolute Gasteiger partial charge is 0.466 e. The van der Waals surface area contributed by atoms with E-state index < -0.39 is 0 Å². The van der Waals surface area contributed by atoms with Crippen LogP contribution in [0.4, 0.5) is 0 Å². The van der Waals surface area contributed by atoms with Gasteiger partial charge in [-0.25, -0.2) is 0 Å². The monoisotopic (exact) mass is 298 g/mol. The van der Waals surface area contributed by atoms with Gasteiger partial charge >= 0.3 is 5.97 Å². The Labute approximate surface area is 109 Å². The third-order valence-corrected chi connectivity index (χ3v) is 3.30. The molecule has 4 heteroatoms. The molecule has 3 nitrogen and oxygen atoms in total. The number of carbonyl (C=O) groups is 1. The molecule has 2 rings (SSSR count). The fourth-order valence-corrected chi connectivity index (χ4v) is 2.41. The van der Waals surface area contributed by atoms with Gasteiger partial charge in [-0.2, -0.15) is 0 Å². The average Bonchev–Trinajstić information content (AvgIpc) is 2.30. The van der Waals surface area contributed by atoms with Crippen molar-refractivity contribution in [2.75, 3.05) is 13.2 Å². The molecule has 0 spiro atoms. The molecule has 1 heterocycles. The summed E-state index contributed by atoms with van der Waals surface area (Å²) in [6.07, 6.45) is 1.02. The van der Waals surface area contributed by atoms with Crippen molar-refractivity contribution >= 4 is 21.9 Å². The third kappa shape index (κ3) is 3.07. The predicted octanol–water partition coefficient (Wildman–Crippen LogP) is 3.02. The molecular formula is C13H15BrO3. The summed E-state index contributed by atoms with van der Waals surface area (Å²) in [5.41, 5.74) is 2.35. The third-order valence-electron chi connectivity index (χ3n) is 2.80. The van der Waals surface area contributed by atoms with Crippen molar-refractivity contribution in [3.63, 3.8) is 0 Å². The van der Waals surface area contributed by atoms with E-state index >= 15 is 0 Å². The number of hydrogen-bond donors (Lipinski definition) is 0. The molecule has 0 amide bonds. The highest BCUT2D eigenvalue weighted by atomic mass is 79.9. The Morgan fingerprint density at radius 2 is 2.41 bits per heavy atom. The van der Waals surface area contributed by atoms with Crippen molar-refractivity contribution in [2.24, 2.45) is 0 Å². The van der Waals surface area contributed by atoms with Crippen LogP contribution in [0.15, 0.2) is 22.7 Å². The van der Waals surface area contributed by atoms with Gasteiger partial charge in [-0.3, -0.25) is 4.79 Å². The van der Waals surface area contributed by atoms with Gasteiger partial charge in [0.25, 0.3) is 0 Å². The lowest BCUT2D eigenvalue weighted by molar-refractivity contribution is -0.146. The average molecular weight is 299 g/mol. The van der Waals surface area contributed by atoms with Crippen LogP contribution in [0.25, 0.3) is 0 Å². The van der Waals surface area contributed by atoms with Crippen molar-refractivity contribution in [1.29, 1.82) is 0 Å². The molecule has 92 valence electrons. The Kier molecular flexibility index (Phi) is 4.18. The zero-order valence-corrected chi connectivity index (χ0v) is 11.3. The highest BCUT2D eigenvalue weighted by Gasteiger charge is 2.24. The zero-order chi connectivity index (χ0) is 12.3. The van der Waals surface area contributed by atoms with E-state index in [2.05, 4.69) is 22.0 Å². The summed E-state index contributed by atoms with van der Waals surface area (Å²) in [5, 5.41) is 0. The maximum absolute atomic E-state index is 11.5. The first kappa shape index (κ1) is 12.6. The first-order valence-corrected chi connectivity index (χ1v) is 6.55. The summed E-state index contributed by atoms with van der Waals surface area (Å²) in [6.45, 7) is 2.89. The first-order chi connectivity index (χ1) is 8.20. The van der Waals surface area contributed by atoms with Crippen molar-refractivity contribution in [2.45, 2.75) is 25.9 Å². The van der Waals surface area contributed by atoms with Crippen molar-refractivity contribution < 1.29 is 14.3 Å². The minimum Gasteiger partial charge on any atom is -0.466 e. The summed E-state index contributed by atoms with van der Waals surface area (Å²) in [7, 11) is 0. The number of fused-ring (bicyclic) bond motifs is 1. The van der Waals surface area contributed by atoms with Gasteiger partial charge in [-0.05, 0) is 36.6 Å². The number of benzene rings is 1. The summed E-state index contributed by atoms with van der Waals surface area (Å²) in [4.78, 5) is 11.5. The minimum atomic E-state index is -0.203. The molecule has 1 aromatic rings. The number of ether oxygens (including phenoxy) is 2. The van der Waals surface area contributed by atoms with Gasteiger partial charge in [0.05, 0.1) is 25.7 Å².